The molecule has 2 aromatic heterocycles. The molecule has 0 saturated carbocycles. The summed E-state index contributed by atoms with van der Waals surface area (Å²) in [5, 5.41) is 4.95. The van der Waals surface area contributed by atoms with Crippen molar-refractivity contribution in [2.75, 3.05) is 4.90 Å². The molecule has 172 valence electrons. The van der Waals surface area contributed by atoms with Crippen LogP contribution in [0.3, 0.4) is 0 Å². The summed E-state index contributed by atoms with van der Waals surface area (Å²) in [5.41, 5.74) is 5.02. The van der Waals surface area contributed by atoms with Crippen LogP contribution in [0.15, 0.2) is 72.9 Å². The number of aryl methyl sites for hydroxylation is 1. The molecule has 1 fully saturated rings. The predicted molar refractivity (Wildman–Crippen MR) is 140 cm³/mol. The highest BCUT2D eigenvalue weighted by molar-refractivity contribution is 7.80. The molecule has 0 radical (unpaired) electrons. The molecule has 8 heteroatoms. The first kappa shape index (κ1) is 22.8. The molecule has 5 rings (SSSR count). The Morgan fingerprint density at radius 2 is 1.74 bits per heavy atom. The average Bonchev–Trinajstić information content (AvgIpc) is 3.30. The third-order valence-electron chi connectivity index (χ3n) is 6.15. The Balaban J connectivity index is 1.71. The number of halogens is 3. The van der Waals surface area contributed by atoms with Gasteiger partial charge in [-0.25, -0.2) is 4.39 Å². The fourth-order valence-corrected chi connectivity index (χ4v) is 5.53. The van der Waals surface area contributed by atoms with E-state index in [4.69, 9.17) is 35.4 Å². The maximum absolute atomic E-state index is 15.0. The lowest BCUT2D eigenvalue weighted by Gasteiger charge is -2.28. The molecule has 2 aromatic carbocycles. The van der Waals surface area contributed by atoms with E-state index >= 15 is 0 Å². The number of pyridine rings is 1. The number of hydrogen-bond acceptors (Lipinski definition) is 2. The van der Waals surface area contributed by atoms with E-state index in [1.54, 1.807) is 24.4 Å². The lowest BCUT2D eigenvalue weighted by molar-refractivity contribution is 0.556. The van der Waals surface area contributed by atoms with E-state index in [1.165, 1.54) is 6.07 Å². The molecule has 0 unspecified atom stereocenters. The second-order valence-corrected chi connectivity index (χ2v) is 9.44. The van der Waals surface area contributed by atoms with Crippen LogP contribution in [0.25, 0.3) is 5.69 Å². The highest BCUT2D eigenvalue weighted by Crippen LogP contribution is 2.44. The molecule has 1 aliphatic rings. The van der Waals surface area contributed by atoms with Crippen LogP contribution >= 0.6 is 35.4 Å². The van der Waals surface area contributed by atoms with Gasteiger partial charge in [0.25, 0.3) is 0 Å². The summed E-state index contributed by atoms with van der Waals surface area (Å²) in [7, 11) is 0. The Bertz CT molecular complexity index is 1390. The number of para-hydroxylation sites is 1. The minimum absolute atomic E-state index is 0.275. The lowest BCUT2D eigenvalue weighted by atomic mass is 9.96. The zero-order valence-electron chi connectivity index (χ0n) is 18.5. The van der Waals surface area contributed by atoms with Gasteiger partial charge in [-0.3, -0.25) is 4.98 Å². The predicted octanol–water partition coefficient (Wildman–Crippen LogP) is 7.11. The van der Waals surface area contributed by atoms with Gasteiger partial charge in [0.05, 0.1) is 34.2 Å². The lowest BCUT2D eigenvalue weighted by Crippen LogP contribution is -2.30. The SMILES string of the molecule is Cc1cc([C@@H]2[C@@H](c3ccccn3)NC(=S)N2c2ccccc2F)c(C)n1-c1ccc(Cl)cc1Cl. The zero-order valence-corrected chi connectivity index (χ0v) is 20.8. The monoisotopic (exact) mass is 510 g/mol. The highest BCUT2D eigenvalue weighted by Gasteiger charge is 2.43. The molecule has 0 spiro atoms. The summed E-state index contributed by atoms with van der Waals surface area (Å²) in [6, 6.07) is 19.4. The minimum Gasteiger partial charge on any atom is -0.351 e. The molecule has 0 aliphatic carbocycles. The molecule has 4 nitrogen and oxygen atoms in total. The van der Waals surface area contributed by atoms with Gasteiger partial charge in [-0.2, -0.15) is 0 Å². The fourth-order valence-electron chi connectivity index (χ4n) is 4.70. The van der Waals surface area contributed by atoms with E-state index in [2.05, 4.69) is 20.9 Å². The van der Waals surface area contributed by atoms with Crippen molar-refractivity contribution < 1.29 is 4.39 Å². The van der Waals surface area contributed by atoms with Crippen LogP contribution in [0.4, 0.5) is 10.1 Å². The van der Waals surface area contributed by atoms with E-state index < -0.39 is 0 Å². The summed E-state index contributed by atoms with van der Waals surface area (Å²) < 4.78 is 17.1. The first-order valence-corrected chi connectivity index (χ1v) is 11.9. The van der Waals surface area contributed by atoms with Crippen LogP contribution in [0.5, 0.6) is 0 Å². The van der Waals surface area contributed by atoms with E-state index in [-0.39, 0.29) is 17.9 Å². The molecule has 0 bridgehead atoms. The van der Waals surface area contributed by atoms with Crippen molar-refractivity contribution >= 4 is 46.2 Å². The number of aromatic nitrogens is 2. The third-order valence-corrected chi connectivity index (χ3v) is 7.00. The Labute approximate surface area is 213 Å². The van der Waals surface area contributed by atoms with Crippen LogP contribution in [0, 0.1) is 19.7 Å². The molecule has 1 N–H and O–H groups in total. The molecule has 34 heavy (non-hydrogen) atoms. The smallest absolute Gasteiger partial charge is 0.174 e. The van der Waals surface area contributed by atoms with Crippen LogP contribution < -0.4 is 10.2 Å². The van der Waals surface area contributed by atoms with E-state index in [0.717, 1.165) is 28.3 Å². The Kier molecular flexibility index (Phi) is 6.06. The summed E-state index contributed by atoms with van der Waals surface area (Å²) in [5.74, 6) is -0.340. The van der Waals surface area contributed by atoms with Gasteiger partial charge in [0.15, 0.2) is 5.11 Å². The Hall–Kier alpha value is -2.93. The molecule has 4 aromatic rings. The largest absolute Gasteiger partial charge is 0.351 e. The van der Waals surface area contributed by atoms with E-state index in [1.807, 2.05) is 55.1 Å². The number of anilines is 1. The van der Waals surface area contributed by atoms with E-state index in [9.17, 15) is 4.39 Å². The van der Waals surface area contributed by atoms with Crippen LogP contribution in [-0.2, 0) is 0 Å². The van der Waals surface area contributed by atoms with Crippen molar-refractivity contribution in [3.8, 4) is 5.69 Å². The number of thiocarbonyl (C=S) groups is 1. The van der Waals surface area contributed by atoms with Crippen molar-refractivity contribution in [1.82, 2.24) is 14.9 Å². The summed E-state index contributed by atoms with van der Waals surface area (Å²) in [6.07, 6.45) is 1.75. The van der Waals surface area contributed by atoms with Gasteiger partial charge in [-0.05, 0) is 80.2 Å². The number of nitrogens with one attached hydrogen (secondary N) is 1. The summed E-state index contributed by atoms with van der Waals surface area (Å²) >= 11 is 18.4. The molecular formula is C26H21Cl2FN4S. The highest BCUT2D eigenvalue weighted by atomic mass is 35.5. The topological polar surface area (TPSA) is 33.1 Å². The number of nitrogens with zero attached hydrogens (tertiary/aromatic N) is 3. The fraction of sp³-hybridized carbons (Fsp3) is 0.154. The Morgan fingerprint density at radius 1 is 0.971 bits per heavy atom. The van der Waals surface area contributed by atoms with Gasteiger partial charge in [0.1, 0.15) is 5.82 Å². The second kappa shape index (κ2) is 9.02. The molecule has 0 amide bonds. The Morgan fingerprint density at radius 3 is 2.44 bits per heavy atom. The van der Waals surface area contributed by atoms with Crippen LogP contribution in [0.1, 0.15) is 34.7 Å². The minimum atomic E-state index is -0.340. The third kappa shape index (κ3) is 3.86. The van der Waals surface area contributed by atoms with Gasteiger partial charge in [0.2, 0.25) is 0 Å². The number of hydrogen-bond donors (Lipinski definition) is 1. The average molecular weight is 511 g/mol. The van der Waals surface area contributed by atoms with Gasteiger partial charge in [-0.1, -0.05) is 41.4 Å². The van der Waals surface area contributed by atoms with Crippen molar-refractivity contribution in [1.29, 1.82) is 0 Å². The molecular weight excluding hydrogens is 490 g/mol. The molecule has 1 saturated heterocycles. The zero-order chi connectivity index (χ0) is 24.0. The van der Waals surface area contributed by atoms with Gasteiger partial charge < -0.3 is 14.8 Å². The van der Waals surface area contributed by atoms with Gasteiger partial charge in [-0.15, -0.1) is 0 Å². The maximum atomic E-state index is 15.0. The van der Waals surface area contributed by atoms with Crippen molar-refractivity contribution in [3.05, 3.63) is 111 Å². The van der Waals surface area contributed by atoms with Crippen LogP contribution in [-0.4, -0.2) is 14.7 Å². The normalized spacial score (nSPS) is 17.8. The quantitative estimate of drug-likeness (QED) is 0.296. The van der Waals surface area contributed by atoms with Gasteiger partial charge in [0, 0.05) is 22.6 Å². The van der Waals surface area contributed by atoms with Crippen molar-refractivity contribution in [2.24, 2.45) is 0 Å². The molecule has 2 atom stereocenters. The summed E-state index contributed by atoms with van der Waals surface area (Å²) in [4.78, 5) is 6.42. The standard InChI is InChI=1S/C26H21Cl2FN4S/c1-15-13-18(16(2)32(15)22-11-10-17(27)14-19(22)28)25-24(21-8-5-6-12-30-21)31-26(34)33(25)23-9-4-3-7-20(23)29/h3-14,24-25H,1-2H3,(H,31,34)/t24-,25-/m1/s1. The number of rotatable bonds is 4. The van der Waals surface area contributed by atoms with Crippen LogP contribution in [0.2, 0.25) is 10.0 Å². The van der Waals surface area contributed by atoms with Crippen molar-refractivity contribution in [2.45, 2.75) is 25.9 Å². The summed E-state index contributed by atoms with van der Waals surface area (Å²) in [6.45, 7) is 4.05. The maximum Gasteiger partial charge on any atom is 0.174 e. The van der Waals surface area contributed by atoms with Crippen molar-refractivity contribution in [3.63, 3.8) is 0 Å². The molecule has 3 heterocycles. The second-order valence-electron chi connectivity index (χ2n) is 8.21. The van der Waals surface area contributed by atoms with E-state index in [0.29, 0.717) is 20.8 Å². The number of benzene rings is 2. The first-order valence-electron chi connectivity index (χ1n) is 10.8. The first-order chi connectivity index (χ1) is 16.4. The van der Waals surface area contributed by atoms with Gasteiger partial charge >= 0.3 is 0 Å². The molecule has 1 aliphatic heterocycles.